The molecule has 0 aromatic heterocycles. The Kier molecular flexibility index (Phi) is 6.81. The lowest BCUT2D eigenvalue weighted by molar-refractivity contribution is -0.123. The van der Waals surface area contributed by atoms with Crippen molar-refractivity contribution >= 4 is 11.8 Å². The van der Waals surface area contributed by atoms with E-state index in [-0.39, 0.29) is 11.8 Å². The smallest absolute Gasteiger partial charge is 0.269 e. The lowest BCUT2D eigenvalue weighted by atomic mass is 9.86. The zero-order valence-electron chi connectivity index (χ0n) is 17.1. The molecule has 3 atom stereocenters. The number of methoxy groups -OCH3 is 1. The van der Waals surface area contributed by atoms with Crippen molar-refractivity contribution in [3.8, 4) is 11.5 Å². The summed E-state index contributed by atoms with van der Waals surface area (Å²) in [6.07, 6.45) is 6.43. The van der Waals surface area contributed by atoms with Crippen molar-refractivity contribution in [2.75, 3.05) is 13.7 Å². The topological polar surface area (TPSA) is 76.7 Å². The first kappa shape index (κ1) is 20.5. The van der Waals surface area contributed by atoms with Crippen LogP contribution in [0.1, 0.15) is 62.7 Å². The third-order valence-electron chi connectivity index (χ3n) is 6.03. The van der Waals surface area contributed by atoms with Crippen LogP contribution in [0, 0.1) is 23.7 Å². The van der Waals surface area contributed by atoms with Gasteiger partial charge in [0, 0.05) is 12.0 Å². The molecule has 0 spiro atoms. The highest BCUT2D eigenvalue weighted by Crippen LogP contribution is 2.49. The van der Waals surface area contributed by atoms with Crippen molar-refractivity contribution in [3.63, 3.8) is 0 Å². The molecule has 2 saturated carbocycles. The molecule has 2 amide bonds. The third kappa shape index (κ3) is 5.18. The molecule has 6 nitrogen and oxygen atoms in total. The molecule has 2 fully saturated rings. The molecule has 2 N–H and O–H groups in total. The molecular formula is C22H32N2O4. The molecule has 0 aliphatic heterocycles. The number of benzene rings is 1. The van der Waals surface area contributed by atoms with Crippen LogP contribution in [0.3, 0.4) is 0 Å². The molecule has 28 heavy (non-hydrogen) atoms. The molecule has 0 heterocycles. The Labute approximate surface area is 167 Å². The molecule has 0 saturated heterocycles. The van der Waals surface area contributed by atoms with E-state index in [0.717, 1.165) is 18.8 Å². The van der Waals surface area contributed by atoms with Crippen molar-refractivity contribution < 1.29 is 19.1 Å². The normalized spacial score (nSPS) is 22.9. The zero-order valence-corrected chi connectivity index (χ0v) is 17.1. The maximum absolute atomic E-state index is 12.4. The Morgan fingerprint density at radius 2 is 1.96 bits per heavy atom. The van der Waals surface area contributed by atoms with Crippen LogP contribution in [0.4, 0.5) is 0 Å². The average Bonchev–Trinajstić information content (AvgIpc) is 3.29. The van der Waals surface area contributed by atoms with E-state index in [0.29, 0.717) is 47.8 Å². The van der Waals surface area contributed by atoms with Crippen LogP contribution >= 0.6 is 0 Å². The molecule has 2 aliphatic carbocycles. The summed E-state index contributed by atoms with van der Waals surface area (Å²) in [7, 11) is 1.55. The quantitative estimate of drug-likeness (QED) is 0.666. The van der Waals surface area contributed by atoms with Crippen molar-refractivity contribution in [1.29, 1.82) is 0 Å². The summed E-state index contributed by atoms with van der Waals surface area (Å²) >= 11 is 0. The Bertz CT molecular complexity index is 704. The number of carbonyl (C=O) groups excluding carboxylic acids is 2. The number of carbonyl (C=O) groups is 2. The van der Waals surface area contributed by atoms with Crippen molar-refractivity contribution in [2.24, 2.45) is 23.7 Å². The van der Waals surface area contributed by atoms with Gasteiger partial charge in [-0.15, -0.1) is 0 Å². The van der Waals surface area contributed by atoms with Gasteiger partial charge in [0.15, 0.2) is 11.5 Å². The molecule has 1 aromatic rings. The van der Waals surface area contributed by atoms with Crippen LogP contribution in [-0.2, 0) is 4.79 Å². The fourth-order valence-corrected chi connectivity index (χ4v) is 4.45. The van der Waals surface area contributed by atoms with E-state index in [1.807, 2.05) is 0 Å². The Balaban J connectivity index is 1.48. The van der Waals surface area contributed by atoms with E-state index in [4.69, 9.17) is 9.47 Å². The molecule has 3 rings (SSSR count). The zero-order chi connectivity index (χ0) is 20.1. The van der Waals surface area contributed by atoms with E-state index in [9.17, 15) is 9.59 Å². The van der Waals surface area contributed by atoms with Gasteiger partial charge in [0.25, 0.3) is 5.91 Å². The molecule has 2 bridgehead atoms. The van der Waals surface area contributed by atoms with Crippen molar-refractivity contribution in [3.05, 3.63) is 23.8 Å². The number of hydrogen-bond acceptors (Lipinski definition) is 4. The van der Waals surface area contributed by atoms with Crippen molar-refractivity contribution in [2.45, 2.75) is 52.4 Å². The Morgan fingerprint density at radius 3 is 2.61 bits per heavy atom. The first-order valence-corrected chi connectivity index (χ1v) is 10.4. The van der Waals surface area contributed by atoms with Gasteiger partial charge >= 0.3 is 0 Å². The second kappa shape index (κ2) is 9.30. The van der Waals surface area contributed by atoms with E-state index in [1.165, 1.54) is 19.3 Å². The minimum Gasteiger partial charge on any atom is -0.493 e. The average molecular weight is 389 g/mol. The summed E-state index contributed by atoms with van der Waals surface area (Å²) in [6.45, 7) is 4.87. The minimum atomic E-state index is -0.367. The summed E-state index contributed by atoms with van der Waals surface area (Å²) in [4.78, 5) is 24.6. The van der Waals surface area contributed by atoms with Crippen LogP contribution in [0.5, 0.6) is 11.5 Å². The predicted octanol–water partition coefficient (Wildman–Crippen LogP) is 3.71. The number of fused-ring (bicyclic) bond motifs is 2. The van der Waals surface area contributed by atoms with Crippen LogP contribution in [-0.4, -0.2) is 25.5 Å². The van der Waals surface area contributed by atoms with Gasteiger partial charge < -0.3 is 9.47 Å². The predicted molar refractivity (Wildman–Crippen MR) is 107 cm³/mol. The largest absolute Gasteiger partial charge is 0.493 e. The van der Waals surface area contributed by atoms with E-state index in [2.05, 4.69) is 24.7 Å². The van der Waals surface area contributed by atoms with E-state index in [1.54, 1.807) is 25.3 Å². The van der Waals surface area contributed by atoms with E-state index < -0.39 is 0 Å². The van der Waals surface area contributed by atoms with Crippen LogP contribution in [0.2, 0.25) is 0 Å². The maximum Gasteiger partial charge on any atom is 0.269 e. The Morgan fingerprint density at radius 1 is 1.14 bits per heavy atom. The van der Waals surface area contributed by atoms with Crippen LogP contribution in [0.25, 0.3) is 0 Å². The molecule has 1 aromatic carbocycles. The summed E-state index contributed by atoms with van der Waals surface area (Å²) in [6, 6.07) is 5.03. The number of nitrogens with one attached hydrogen (secondary N) is 2. The second-order valence-corrected chi connectivity index (χ2v) is 8.54. The molecule has 2 aliphatic rings. The van der Waals surface area contributed by atoms with Gasteiger partial charge in [0.1, 0.15) is 0 Å². The number of hydrogen-bond donors (Lipinski definition) is 2. The fraction of sp³-hybridized carbons (Fsp3) is 0.636. The molecule has 0 unspecified atom stereocenters. The van der Waals surface area contributed by atoms with Gasteiger partial charge in [-0.2, -0.15) is 0 Å². The molecular weight excluding hydrogens is 356 g/mol. The lowest BCUT2D eigenvalue weighted by Gasteiger charge is -2.21. The molecule has 0 radical (unpaired) electrons. The summed E-state index contributed by atoms with van der Waals surface area (Å²) in [5.74, 6) is 3.16. The van der Waals surface area contributed by atoms with Gasteiger partial charge in [-0.1, -0.05) is 20.3 Å². The van der Waals surface area contributed by atoms with Gasteiger partial charge in [-0.25, -0.2) is 0 Å². The van der Waals surface area contributed by atoms with Gasteiger partial charge in [0.2, 0.25) is 5.91 Å². The van der Waals surface area contributed by atoms with Gasteiger partial charge in [-0.3, -0.25) is 20.4 Å². The highest BCUT2D eigenvalue weighted by Gasteiger charge is 2.40. The summed E-state index contributed by atoms with van der Waals surface area (Å²) in [5, 5.41) is 0. The fourth-order valence-electron chi connectivity index (χ4n) is 4.45. The third-order valence-corrected chi connectivity index (χ3v) is 6.03. The highest BCUT2D eigenvalue weighted by molar-refractivity contribution is 5.96. The molecule has 154 valence electrons. The number of rotatable bonds is 8. The Hall–Kier alpha value is -2.24. The van der Waals surface area contributed by atoms with E-state index >= 15 is 0 Å². The molecule has 6 heteroatoms. The monoisotopic (exact) mass is 388 g/mol. The maximum atomic E-state index is 12.4. The summed E-state index contributed by atoms with van der Waals surface area (Å²) < 4.78 is 11.1. The number of hydrazine groups is 1. The van der Waals surface area contributed by atoms with Crippen LogP contribution < -0.4 is 20.3 Å². The lowest BCUT2D eigenvalue weighted by Crippen LogP contribution is -2.42. The first-order valence-electron chi connectivity index (χ1n) is 10.4. The second-order valence-electron chi connectivity index (χ2n) is 8.54. The SMILES string of the molecule is COc1cc(C(=O)NNC(=O)C[C@H]2C[C@@H]3CC[C@@H]2C3)ccc1OCCC(C)C. The standard InChI is InChI=1S/C22H32N2O4/c1-14(2)8-9-28-19-7-6-17(12-20(19)27-3)22(26)24-23-21(25)13-18-11-15-4-5-16(18)10-15/h6-7,12,14-16,18H,4-5,8-11,13H2,1-3H3,(H,23,25)(H,24,26)/t15-,16-,18-/m1/s1. The summed E-state index contributed by atoms with van der Waals surface area (Å²) in [5.41, 5.74) is 5.48. The first-order chi connectivity index (χ1) is 13.5. The van der Waals surface area contributed by atoms with Crippen LogP contribution in [0.15, 0.2) is 18.2 Å². The van der Waals surface area contributed by atoms with Gasteiger partial charge in [-0.05, 0) is 67.6 Å². The number of amides is 2. The number of ether oxygens (including phenoxy) is 2. The van der Waals surface area contributed by atoms with Crippen molar-refractivity contribution in [1.82, 2.24) is 10.9 Å². The highest BCUT2D eigenvalue weighted by atomic mass is 16.5. The van der Waals surface area contributed by atoms with Gasteiger partial charge in [0.05, 0.1) is 13.7 Å². The minimum absolute atomic E-state index is 0.119.